The average Bonchev–Trinajstić information content (AvgIpc) is 2.78. The van der Waals surface area contributed by atoms with Crippen LogP contribution >= 0.6 is 24.0 Å². The van der Waals surface area contributed by atoms with E-state index in [4.69, 9.17) is 9.47 Å². The molecule has 0 bridgehead atoms. The Balaban J connectivity index is 0.00000544. The van der Waals surface area contributed by atoms with E-state index in [0.29, 0.717) is 37.9 Å². The van der Waals surface area contributed by atoms with E-state index in [1.54, 1.807) is 19.4 Å². The zero-order valence-corrected chi connectivity index (χ0v) is 22.3. The number of nitrogens with zero attached hydrogens (tertiary/aromatic N) is 2. The molecule has 1 aromatic carbocycles. The smallest absolute Gasteiger partial charge is 0.227 e. The molecule has 0 aliphatic rings. The fraction of sp³-hybridized carbons (Fsp3) is 0.458. The molecular weight excluding hydrogens is 533 g/mol. The zero-order chi connectivity index (χ0) is 23.2. The first-order valence-electron chi connectivity index (χ1n) is 11.1. The first-order chi connectivity index (χ1) is 15.5. The second-order valence-electron chi connectivity index (χ2n) is 7.23. The van der Waals surface area contributed by atoms with Gasteiger partial charge in [0.05, 0.1) is 13.7 Å². The molecule has 2 aromatic rings. The molecule has 182 valence electrons. The van der Waals surface area contributed by atoms with E-state index >= 15 is 0 Å². The van der Waals surface area contributed by atoms with Gasteiger partial charge in [0.25, 0.3) is 0 Å². The molecule has 0 radical (unpaired) electrons. The maximum absolute atomic E-state index is 12.1. The minimum absolute atomic E-state index is 0. The van der Waals surface area contributed by atoms with Crippen molar-refractivity contribution in [2.24, 2.45) is 4.99 Å². The highest BCUT2D eigenvalue weighted by molar-refractivity contribution is 14.0. The summed E-state index contributed by atoms with van der Waals surface area (Å²) in [6.07, 6.45) is 3.84. The van der Waals surface area contributed by atoms with Crippen LogP contribution in [0.3, 0.4) is 0 Å². The van der Waals surface area contributed by atoms with E-state index in [0.717, 1.165) is 36.4 Å². The first-order valence-corrected chi connectivity index (χ1v) is 11.1. The molecule has 0 aliphatic heterocycles. The maximum atomic E-state index is 12.1. The molecule has 0 aliphatic carbocycles. The van der Waals surface area contributed by atoms with Crippen LogP contribution in [-0.4, -0.2) is 50.2 Å². The Bertz CT molecular complexity index is 875. The number of aryl methyl sites for hydroxylation is 2. The number of amides is 1. The number of guanidine groups is 1. The number of ether oxygens (including phenoxy) is 2. The monoisotopic (exact) mass is 569 g/mol. The van der Waals surface area contributed by atoms with Crippen LogP contribution in [0.15, 0.2) is 41.5 Å². The standard InChI is InChI=1S/C24H35N5O3.HI/c1-5-25-24(27-15-13-23(30)29-22-12-9-18(3)17-28-22)26-14-7-8-19-10-11-20(31-4)21(16-19)32-6-2;/h9-12,16-17H,5-8,13-15H2,1-4H3,(H2,25,26,27)(H,28,29,30);1H. The summed E-state index contributed by atoms with van der Waals surface area (Å²) < 4.78 is 11.0. The molecule has 33 heavy (non-hydrogen) atoms. The lowest BCUT2D eigenvalue weighted by Gasteiger charge is -2.12. The Labute approximate surface area is 214 Å². The molecule has 1 heterocycles. The summed E-state index contributed by atoms with van der Waals surface area (Å²) in [7, 11) is 1.64. The lowest BCUT2D eigenvalue weighted by atomic mass is 10.1. The second kappa shape index (κ2) is 16.1. The number of aliphatic imine (C=N–C) groups is 1. The number of carbonyl (C=O) groups excluding carboxylic acids is 1. The number of methoxy groups -OCH3 is 1. The average molecular weight is 569 g/mol. The number of anilines is 1. The van der Waals surface area contributed by atoms with Crippen LogP contribution in [-0.2, 0) is 11.2 Å². The lowest BCUT2D eigenvalue weighted by molar-refractivity contribution is -0.116. The normalized spacial score (nSPS) is 10.7. The minimum atomic E-state index is -0.0886. The molecule has 0 unspecified atom stereocenters. The van der Waals surface area contributed by atoms with Gasteiger partial charge >= 0.3 is 0 Å². The van der Waals surface area contributed by atoms with Gasteiger partial charge in [-0.1, -0.05) is 12.1 Å². The van der Waals surface area contributed by atoms with Crippen LogP contribution in [0.2, 0.25) is 0 Å². The van der Waals surface area contributed by atoms with Crippen molar-refractivity contribution in [1.82, 2.24) is 15.6 Å². The van der Waals surface area contributed by atoms with Gasteiger partial charge in [-0.05, 0) is 62.9 Å². The molecule has 0 saturated carbocycles. The second-order valence-corrected chi connectivity index (χ2v) is 7.23. The van der Waals surface area contributed by atoms with Gasteiger partial charge < -0.3 is 25.4 Å². The van der Waals surface area contributed by atoms with Crippen LogP contribution in [0.4, 0.5) is 5.82 Å². The van der Waals surface area contributed by atoms with Crippen LogP contribution in [0.1, 0.15) is 37.8 Å². The summed E-state index contributed by atoms with van der Waals surface area (Å²) in [6, 6.07) is 9.73. The number of aromatic nitrogens is 1. The van der Waals surface area contributed by atoms with Gasteiger partial charge in [0.2, 0.25) is 5.91 Å². The van der Waals surface area contributed by atoms with Gasteiger partial charge in [-0.2, -0.15) is 0 Å². The van der Waals surface area contributed by atoms with Gasteiger partial charge in [0.15, 0.2) is 17.5 Å². The van der Waals surface area contributed by atoms with Crippen molar-refractivity contribution in [2.45, 2.75) is 40.0 Å². The fourth-order valence-electron chi connectivity index (χ4n) is 3.00. The molecule has 0 spiro atoms. The highest BCUT2D eigenvalue weighted by atomic mass is 127. The number of benzene rings is 1. The van der Waals surface area contributed by atoms with Crippen molar-refractivity contribution in [1.29, 1.82) is 0 Å². The third-order valence-electron chi connectivity index (χ3n) is 4.59. The van der Waals surface area contributed by atoms with Crippen molar-refractivity contribution in [3.63, 3.8) is 0 Å². The molecule has 9 heteroatoms. The number of nitrogens with one attached hydrogen (secondary N) is 3. The fourth-order valence-corrected chi connectivity index (χ4v) is 3.00. The molecule has 2 rings (SSSR count). The number of rotatable bonds is 12. The van der Waals surface area contributed by atoms with Gasteiger partial charge in [0, 0.05) is 32.3 Å². The highest BCUT2D eigenvalue weighted by Gasteiger charge is 2.06. The summed E-state index contributed by atoms with van der Waals surface area (Å²) in [5, 5.41) is 9.21. The van der Waals surface area contributed by atoms with Gasteiger partial charge in [0.1, 0.15) is 5.82 Å². The van der Waals surface area contributed by atoms with Crippen LogP contribution < -0.4 is 25.4 Å². The van der Waals surface area contributed by atoms with Gasteiger partial charge in [-0.15, -0.1) is 24.0 Å². The van der Waals surface area contributed by atoms with Crippen molar-refractivity contribution in [3.05, 3.63) is 47.7 Å². The largest absolute Gasteiger partial charge is 0.493 e. The quantitative estimate of drug-likeness (QED) is 0.155. The van der Waals surface area contributed by atoms with Crippen molar-refractivity contribution in [2.75, 3.05) is 38.7 Å². The van der Waals surface area contributed by atoms with Crippen molar-refractivity contribution in [3.8, 4) is 11.5 Å². The Kier molecular flexibility index (Phi) is 13.9. The molecule has 0 atom stereocenters. The Morgan fingerprint density at radius 2 is 1.94 bits per heavy atom. The Morgan fingerprint density at radius 3 is 2.61 bits per heavy atom. The Morgan fingerprint density at radius 1 is 1.12 bits per heavy atom. The van der Waals surface area contributed by atoms with Crippen LogP contribution in [0.25, 0.3) is 0 Å². The number of halogens is 1. The number of hydrogen-bond acceptors (Lipinski definition) is 5. The third kappa shape index (κ3) is 10.7. The highest BCUT2D eigenvalue weighted by Crippen LogP contribution is 2.28. The maximum Gasteiger partial charge on any atom is 0.227 e. The van der Waals surface area contributed by atoms with E-state index in [2.05, 4.69) is 32.0 Å². The van der Waals surface area contributed by atoms with E-state index < -0.39 is 0 Å². The molecule has 0 saturated heterocycles. The molecule has 1 amide bonds. The summed E-state index contributed by atoms with van der Waals surface area (Å²) >= 11 is 0. The predicted molar refractivity (Wildman–Crippen MR) is 144 cm³/mol. The molecular formula is C24H36IN5O3. The van der Waals surface area contributed by atoms with E-state index in [1.165, 1.54) is 5.56 Å². The van der Waals surface area contributed by atoms with Crippen LogP contribution in [0.5, 0.6) is 11.5 Å². The minimum Gasteiger partial charge on any atom is -0.493 e. The Hall–Kier alpha value is -2.56. The predicted octanol–water partition coefficient (Wildman–Crippen LogP) is 3.93. The van der Waals surface area contributed by atoms with E-state index in [1.807, 2.05) is 39.0 Å². The third-order valence-corrected chi connectivity index (χ3v) is 4.59. The van der Waals surface area contributed by atoms with E-state index in [-0.39, 0.29) is 29.9 Å². The lowest BCUT2D eigenvalue weighted by Crippen LogP contribution is -2.38. The summed E-state index contributed by atoms with van der Waals surface area (Å²) in [5.74, 6) is 2.69. The van der Waals surface area contributed by atoms with Gasteiger partial charge in [-0.3, -0.25) is 9.79 Å². The van der Waals surface area contributed by atoms with Crippen molar-refractivity contribution < 1.29 is 14.3 Å². The van der Waals surface area contributed by atoms with Gasteiger partial charge in [-0.25, -0.2) is 4.98 Å². The SMILES string of the molecule is CCNC(=NCCCc1ccc(OC)c(OCC)c1)NCCC(=O)Nc1ccc(C)cn1.I. The van der Waals surface area contributed by atoms with Crippen LogP contribution in [0, 0.1) is 6.92 Å². The molecule has 0 fully saturated rings. The number of carbonyl (C=O) groups is 1. The summed E-state index contributed by atoms with van der Waals surface area (Å²) in [5.41, 5.74) is 2.24. The molecule has 3 N–H and O–H groups in total. The number of hydrogen-bond donors (Lipinski definition) is 3. The number of pyridine rings is 1. The first kappa shape index (κ1) is 28.5. The topological polar surface area (TPSA) is 96.9 Å². The molecule has 1 aromatic heterocycles. The molecule has 8 nitrogen and oxygen atoms in total. The zero-order valence-electron chi connectivity index (χ0n) is 19.9. The van der Waals surface area contributed by atoms with E-state index in [9.17, 15) is 4.79 Å². The summed E-state index contributed by atoms with van der Waals surface area (Å²) in [4.78, 5) is 20.9. The van der Waals surface area contributed by atoms with Crippen molar-refractivity contribution >= 4 is 41.7 Å². The summed E-state index contributed by atoms with van der Waals surface area (Å²) in [6.45, 7) is 8.44.